The summed E-state index contributed by atoms with van der Waals surface area (Å²) in [6.07, 6.45) is 0. The number of nitrogens with zero attached hydrogens (tertiary/aromatic N) is 1. The Morgan fingerprint density at radius 3 is 2.43 bits per heavy atom. The first-order valence-electron chi connectivity index (χ1n) is 9.47. The molecule has 0 atom stereocenters. The minimum absolute atomic E-state index is 0.217. The average molecular weight is 423 g/mol. The summed E-state index contributed by atoms with van der Waals surface area (Å²) in [5.74, 6) is 0.540. The molecule has 6 nitrogen and oxygen atoms in total. The minimum atomic E-state index is -3.62. The van der Waals surface area contributed by atoms with E-state index in [4.69, 9.17) is 4.74 Å². The predicted molar refractivity (Wildman–Crippen MR) is 116 cm³/mol. The normalized spacial score (nSPS) is 13.9. The fraction of sp³-hybridized carbons (Fsp3) is 0.174. The van der Waals surface area contributed by atoms with Crippen molar-refractivity contribution >= 4 is 21.6 Å². The number of anilines is 1. The van der Waals surface area contributed by atoms with Gasteiger partial charge in [-0.1, -0.05) is 30.3 Å². The molecule has 1 N–H and O–H groups in total. The summed E-state index contributed by atoms with van der Waals surface area (Å²) >= 11 is 0. The standard InChI is InChI=1S/C23H22N2O4S/c1-15-12-17(23(26)24-14-16-8-10-18(29-3)11-9-16)13-20-19-6-4-5-7-21(19)30(27,28)25(2)22(15)20/h4-13H,14H2,1-3H3,(H,24,26). The Labute approximate surface area is 176 Å². The first-order chi connectivity index (χ1) is 14.3. The van der Waals surface area contributed by atoms with Crippen LogP contribution in [0.1, 0.15) is 21.5 Å². The Bertz CT molecular complexity index is 1230. The molecule has 1 aliphatic rings. The number of methoxy groups -OCH3 is 1. The van der Waals surface area contributed by atoms with E-state index < -0.39 is 10.0 Å². The van der Waals surface area contributed by atoms with Gasteiger partial charge in [0.2, 0.25) is 0 Å². The van der Waals surface area contributed by atoms with Crippen molar-refractivity contribution in [1.82, 2.24) is 5.32 Å². The van der Waals surface area contributed by atoms with Crippen molar-refractivity contribution < 1.29 is 17.9 Å². The van der Waals surface area contributed by atoms with Crippen molar-refractivity contribution in [2.45, 2.75) is 18.4 Å². The SMILES string of the molecule is COc1ccc(CNC(=O)c2cc(C)c3c(c2)-c2ccccc2S(=O)(=O)N3C)cc1. The highest BCUT2D eigenvalue weighted by Gasteiger charge is 2.33. The lowest BCUT2D eigenvalue weighted by atomic mass is 9.96. The molecule has 0 aliphatic carbocycles. The van der Waals surface area contributed by atoms with Crippen LogP contribution in [0.25, 0.3) is 11.1 Å². The fourth-order valence-corrected chi connectivity index (χ4v) is 5.23. The quantitative estimate of drug-likeness (QED) is 0.695. The summed E-state index contributed by atoms with van der Waals surface area (Å²) in [6, 6.07) is 17.8. The number of carbonyl (C=O) groups excluding carboxylic acids is 1. The highest BCUT2D eigenvalue weighted by Crippen LogP contribution is 2.44. The van der Waals surface area contributed by atoms with Gasteiger partial charge in [-0.15, -0.1) is 0 Å². The molecule has 0 saturated carbocycles. The van der Waals surface area contributed by atoms with Gasteiger partial charge in [0.05, 0.1) is 17.7 Å². The molecule has 0 spiro atoms. The first-order valence-corrected chi connectivity index (χ1v) is 10.9. The molecule has 0 radical (unpaired) electrons. The highest BCUT2D eigenvalue weighted by atomic mass is 32.2. The van der Waals surface area contributed by atoms with E-state index in [2.05, 4.69) is 5.32 Å². The van der Waals surface area contributed by atoms with Gasteiger partial charge in [-0.25, -0.2) is 8.42 Å². The number of rotatable bonds is 4. The maximum absolute atomic E-state index is 12.9. The zero-order chi connectivity index (χ0) is 21.5. The molecule has 0 unspecified atom stereocenters. The summed E-state index contributed by atoms with van der Waals surface area (Å²) in [5, 5.41) is 2.93. The third-order valence-corrected chi connectivity index (χ3v) is 7.12. The van der Waals surface area contributed by atoms with Crippen LogP contribution in [0.4, 0.5) is 5.69 Å². The Morgan fingerprint density at radius 2 is 1.73 bits per heavy atom. The lowest BCUT2D eigenvalue weighted by Crippen LogP contribution is -2.31. The van der Waals surface area contributed by atoms with E-state index >= 15 is 0 Å². The minimum Gasteiger partial charge on any atom is -0.497 e. The van der Waals surface area contributed by atoms with Gasteiger partial charge >= 0.3 is 0 Å². The predicted octanol–water partition coefficient (Wildman–Crippen LogP) is 3.74. The molecule has 30 heavy (non-hydrogen) atoms. The smallest absolute Gasteiger partial charge is 0.264 e. The zero-order valence-electron chi connectivity index (χ0n) is 17.0. The number of fused-ring (bicyclic) bond motifs is 3. The molecular formula is C23H22N2O4S. The monoisotopic (exact) mass is 422 g/mol. The molecule has 1 heterocycles. The van der Waals surface area contributed by atoms with Gasteiger partial charge in [-0.2, -0.15) is 0 Å². The number of sulfonamides is 1. The van der Waals surface area contributed by atoms with E-state index in [0.717, 1.165) is 22.4 Å². The van der Waals surface area contributed by atoms with Crippen LogP contribution in [-0.4, -0.2) is 28.5 Å². The van der Waals surface area contributed by atoms with Crippen molar-refractivity contribution in [2.75, 3.05) is 18.5 Å². The topological polar surface area (TPSA) is 75.7 Å². The Balaban J connectivity index is 1.67. The molecule has 4 rings (SSSR count). The number of nitrogens with one attached hydrogen (secondary N) is 1. The summed E-state index contributed by atoms with van der Waals surface area (Å²) in [4.78, 5) is 13.1. The summed E-state index contributed by atoms with van der Waals surface area (Å²) in [6.45, 7) is 2.20. The second-order valence-electron chi connectivity index (χ2n) is 7.19. The van der Waals surface area contributed by atoms with E-state index in [0.29, 0.717) is 23.4 Å². The van der Waals surface area contributed by atoms with Crippen molar-refractivity contribution in [1.29, 1.82) is 0 Å². The number of ether oxygens (including phenoxy) is 1. The van der Waals surface area contributed by atoms with Gasteiger partial charge in [-0.3, -0.25) is 9.10 Å². The lowest BCUT2D eigenvalue weighted by Gasteiger charge is -2.31. The van der Waals surface area contributed by atoms with Crippen molar-refractivity contribution in [3.63, 3.8) is 0 Å². The molecule has 0 aromatic heterocycles. The van der Waals surface area contributed by atoms with Crippen LogP contribution in [-0.2, 0) is 16.6 Å². The Morgan fingerprint density at radius 1 is 1.03 bits per heavy atom. The number of carbonyl (C=O) groups is 1. The maximum atomic E-state index is 12.9. The summed E-state index contributed by atoms with van der Waals surface area (Å²) in [5.41, 5.74) is 4.11. The number of amides is 1. The fourth-order valence-electron chi connectivity index (χ4n) is 3.74. The van der Waals surface area contributed by atoms with Crippen LogP contribution in [0, 0.1) is 6.92 Å². The molecule has 1 amide bonds. The number of hydrogen-bond donors (Lipinski definition) is 1. The van der Waals surface area contributed by atoms with Gasteiger partial charge in [0.1, 0.15) is 5.75 Å². The first kappa shape index (κ1) is 20.0. The summed E-state index contributed by atoms with van der Waals surface area (Å²) < 4.78 is 32.2. The van der Waals surface area contributed by atoms with E-state index in [9.17, 15) is 13.2 Å². The summed E-state index contributed by atoms with van der Waals surface area (Å²) in [7, 11) is -0.470. The van der Waals surface area contributed by atoms with Crippen LogP contribution in [0.15, 0.2) is 65.6 Å². The van der Waals surface area contributed by atoms with Gasteiger partial charge in [0.25, 0.3) is 15.9 Å². The van der Waals surface area contributed by atoms with Gasteiger partial charge < -0.3 is 10.1 Å². The second kappa shape index (κ2) is 7.50. The lowest BCUT2D eigenvalue weighted by molar-refractivity contribution is 0.0951. The molecular weight excluding hydrogens is 400 g/mol. The molecule has 154 valence electrons. The van der Waals surface area contributed by atoms with Crippen LogP contribution >= 0.6 is 0 Å². The largest absolute Gasteiger partial charge is 0.497 e. The number of benzene rings is 3. The van der Waals surface area contributed by atoms with E-state index in [-0.39, 0.29) is 10.8 Å². The molecule has 1 aliphatic heterocycles. The molecule has 0 saturated heterocycles. The zero-order valence-corrected chi connectivity index (χ0v) is 17.8. The van der Waals surface area contributed by atoms with Crippen LogP contribution < -0.4 is 14.4 Å². The van der Waals surface area contributed by atoms with Crippen molar-refractivity contribution in [3.05, 3.63) is 77.4 Å². The van der Waals surface area contributed by atoms with E-state index in [1.807, 2.05) is 31.2 Å². The Kier molecular flexibility index (Phi) is 4.99. The molecule has 3 aromatic rings. The third kappa shape index (κ3) is 3.31. The van der Waals surface area contributed by atoms with Crippen LogP contribution in [0.3, 0.4) is 0 Å². The van der Waals surface area contributed by atoms with Gasteiger partial charge in [0, 0.05) is 30.3 Å². The average Bonchev–Trinajstić information content (AvgIpc) is 2.76. The van der Waals surface area contributed by atoms with Crippen LogP contribution in [0.2, 0.25) is 0 Å². The van der Waals surface area contributed by atoms with Gasteiger partial charge in [-0.05, 0) is 48.4 Å². The van der Waals surface area contributed by atoms with E-state index in [1.165, 1.54) is 4.31 Å². The number of aryl methyl sites for hydroxylation is 1. The van der Waals surface area contributed by atoms with Crippen LogP contribution in [0.5, 0.6) is 5.75 Å². The van der Waals surface area contributed by atoms with Crippen molar-refractivity contribution in [2.24, 2.45) is 0 Å². The number of hydrogen-bond acceptors (Lipinski definition) is 4. The van der Waals surface area contributed by atoms with Gasteiger partial charge in [0.15, 0.2) is 0 Å². The van der Waals surface area contributed by atoms with Crippen molar-refractivity contribution in [3.8, 4) is 16.9 Å². The molecule has 7 heteroatoms. The molecule has 3 aromatic carbocycles. The third-order valence-electron chi connectivity index (χ3n) is 5.31. The maximum Gasteiger partial charge on any atom is 0.264 e. The molecule has 0 fully saturated rings. The highest BCUT2D eigenvalue weighted by molar-refractivity contribution is 7.93. The Hall–Kier alpha value is -3.32. The second-order valence-corrected chi connectivity index (χ2v) is 9.13. The molecule has 0 bridgehead atoms. The van der Waals surface area contributed by atoms with E-state index in [1.54, 1.807) is 50.6 Å².